The van der Waals surface area contributed by atoms with E-state index in [9.17, 15) is 9.59 Å². The second kappa shape index (κ2) is 4.85. The lowest BCUT2D eigenvalue weighted by molar-refractivity contribution is 0.0302. The lowest BCUT2D eigenvalue weighted by Crippen LogP contribution is -2.42. The first kappa shape index (κ1) is 11.9. The third-order valence-electron chi connectivity index (χ3n) is 3.32. The van der Waals surface area contributed by atoms with Gasteiger partial charge in [0.2, 0.25) is 5.43 Å². The first-order chi connectivity index (χ1) is 9.27. The van der Waals surface area contributed by atoms with Gasteiger partial charge in [0.15, 0.2) is 0 Å². The summed E-state index contributed by atoms with van der Waals surface area (Å²) in [6.07, 6.45) is 1.50. The number of ether oxygens (including phenoxy) is 1. The van der Waals surface area contributed by atoms with Gasteiger partial charge in [0, 0.05) is 30.2 Å². The van der Waals surface area contributed by atoms with Crippen molar-refractivity contribution in [1.82, 2.24) is 9.88 Å². The summed E-state index contributed by atoms with van der Waals surface area (Å²) in [6.45, 7) is 2.12. The van der Waals surface area contributed by atoms with Gasteiger partial charge in [-0.25, -0.2) is 0 Å². The maximum absolute atomic E-state index is 12.3. The van der Waals surface area contributed by atoms with E-state index < -0.39 is 0 Å². The number of aromatic nitrogens is 1. The van der Waals surface area contributed by atoms with Crippen molar-refractivity contribution in [2.45, 2.75) is 0 Å². The molecule has 1 aliphatic heterocycles. The Labute approximate surface area is 109 Å². The molecule has 1 aromatic carbocycles. The van der Waals surface area contributed by atoms with Gasteiger partial charge < -0.3 is 14.6 Å². The molecule has 1 fully saturated rings. The van der Waals surface area contributed by atoms with Crippen molar-refractivity contribution in [3.63, 3.8) is 0 Å². The summed E-state index contributed by atoms with van der Waals surface area (Å²) < 4.78 is 5.21. The molecule has 5 heteroatoms. The molecule has 0 bridgehead atoms. The van der Waals surface area contributed by atoms with E-state index in [0.717, 1.165) is 5.52 Å². The van der Waals surface area contributed by atoms with Crippen molar-refractivity contribution in [1.29, 1.82) is 0 Å². The van der Waals surface area contributed by atoms with Crippen molar-refractivity contribution < 1.29 is 9.53 Å². The highest BCUT2D eigenvalue weighted by atomic mass is 16.5. The van der Waals surface area contributed by atoms with Gasteiger partial charge in [-0.3, -0.25) is 9.59 Å². The van der Waals surface area contributed by atoms with E-state index in [-0.39, 0.29) is 16.9 Å². The van der Waals surface area contributed by atoms with Crippen LogP contribution in [0.2, 0.25) is 0 Å². The predicted octanol–water partition coefficient (Wildman–Crippen LogP) is 1.00. The number of para-hydroxylation sites is 1. The average molecular weight is 258 g/mol. The topological polar surface area (TPSA) is 62.4 Å². The van der Waals surface area contributed by atoms with Crippen LogP contribution >= 0.6 is 0 Å². The predicted molar refractivity (Wildman–Crippen MR) is 71.3 cm³/mol. The number of nitrogens with one attached hydrogen (secondary N) is 1. The summed E-state index contributed by atoms with van der Waals surface area (Å²) in [6, 6.07) is 7.19. The van der Waals surface area contributed by atoms with Gasteiger partial charge in [-0.2, -0.15) is 0 Å². The Bertz CT molecular complexity index is 672. The molecule has 0 radical (unpaired) electrons. The molecule has 0 unspecified atom stereocenters. The van der Waals surface area contributed by atoms with Gasteiger partial charge in [-0.1, -0.05) is 12.1 Å². The number of H-pyrrole nitrogens is 1. The second-order valence-electron chi connectivity index (χ2n) is 4.48. The molecule has 2 aromatic rings. The fourth-order valence-corrected chi connectivity index (χ4v) is 2.26. The molecule has 0 saturated carbocycles. The van der Waals surface area contributed by atoms with E-state index in [2.05, 4.69) is 4.98 Å². The van der Waals surface area contributed by atoms with Crippen molar-refractivity contribution in [3.8, 4) is 0 Å². The normalized spacial score (nSPS) is 15.7. The standard InChI is InChI=1S/C14H14N2O3/c17-13-10-3-1-2-4-12(10)15-9-11(13)14(18)16-5-7-19-8-6-16/h1-4,9H,5-8H2,(H,15,17). The van der Waals surface area contributed by atoms with E-state index in [0.29, 0.717) is 31.7 Å². The first-order valence-corrected chi connectivity index (χ1v) is 6.25. The third-order valence-corrected chi connectivity index (χ3v) is 3.32. The summed E-state index contributed by atoms with van der Waals surface area (Å²) >= 11 is 0. The van der Waals surface area contributed by atoms with Crippen molar-refractivity contribution >= 4 is 16.8 Å². The second-order valence-corrected chi connectivity index (χ2v) is 4.48. The van der Waals surface area contributed by atoms with Crippen LogP contribution in [-0.4, -0.2) is 42.1 Å². The molecule has 1 saturated heterocycles. The van der Waals surface area contributed by atoms with Crippen LogP contribution in [0.3, 0.4) is 0 Å². The quantitative estimate of drug-likeness (QED) is 0.830. The molecule has 0 atom stereocenters. The minimum Gasteiger partial charge on any atom is -0.378 e. The number of carbonyl (C=O) groups is 1. The number of amides is 1. The fourth-order valence-electron chi connectivity index (χ4n) is 2.26. The molecule has 98 valence electrons. The molecule has 1 amide bonds. The summed E-state index contributed by atoms with van der Waals surface area (Å²) in [4.78, 5) is 29.3. The number of hydrogen-bond acceptors (Lipinski definition) is 3. The molecule has 3 rings (SSSR count). The molecular weight excluding hydrogens is 244 g/mol. The van der Waals surface area contributed by atoms with E-state index in [4.69, 9.17) is 4.74 Å². The molecule has 1 aromatic heterocycles. The third kappa shape index (κ3) is 2.13. The number of fused-ring (bicyclic) bond motifs is 1. The number of morpholine rings is 1. The largest absolute Gasteiger partial charge is 0.378 e. The summed E-state index contributed by atoms with van der Waals surface area (Å²) in [5.74, 6) is -0.227. The van der Waals surface area contributed by atoms with Crippen LogP contribution in [0.25, 0.3) is 10.9 Å². The minimum atomic E-state index is -0.227. The Kier molecular flexibility index (Phi) is 3.05. The highest BCUT2D eigenvalue weighted by Crippen LogP contribution is 2.09. The highest BCUT2D eigenvalue weighted by molar-refractivity contribution is 5.97. The van der Waals surface area contributed by atoms with Crippen LogP contribution in [0.1, 0.15) is 10.4 Å². The van der Waals surface area contributed by atoms with Gasteiger partial charge in [0.1, 0.15) is 5.56 Å². The van der Waals surface area contributed by atoms with Gasteiger partial charge >= 0.3 is 0 Å². The van der Waals surface area contributed by atoms with E-state index in [1.165, 1.54) is 6.20 Å². The Morgan fingerprint density at radius 1 is 1.21 bits per heavy atom. The zero-order valence-corrected chi connectivity index (χ0v) is 10.4. The van der Waals surface area contributed by atoms with E-state index >= 15 is 0 Å². The van der Waals surface area contributed by atoms with Crippen LogP contribution in [0.4, 0.5) is 0 Å². The molecule has 5 nitrogen and oxygen atoms in total. The molecule has 0 aliphatic carbocycles. The lowest BCUT2D eigenvalue weighted by atomic mass is 10.1. The Hall–Kier alpha value is -2.14. The number of hydrogen-bond donors (Lipinski definition) is 1. The van der Waals surface area contributed by atoms with Crippen LogP contribution in [0, 0.1) is 0 Å². The van der Waals surface area contributed by atoms with Crippen LogP contribution in [0.5, 0.6) is 0 Å². The van der Waals surface area contributed by atoms with Gasteiger partial charge in [0.25, 0.3) is 5.91 Å². The number of benzene rings is 1. The SMILES string of the molecule is O=C(c1c[nH]c2ccccc2c1=O)N1CCOCC1. The monoisotopic (exact) mass is 258 g/mol. The Morgan fingerprint density at radius 3 is 2.74 bits per heavy atom. The summed E-state index contributed by atoms with van der Waals surface area (Å²) in [5, 5.41) is 0.543. The van der Waals surface area contributed by atoms with Crippen molar-refractivity contribution in [2.24, 2.45) is 0 Å². The zero-order valence-electron chi connectivity index (χ0n) is 10.4. The number of pyridine rings is 1. The minimum absolute atomic E-state index is 0.195. The Morgan fingerprint density at radius 2 is 1.95 bits per heavy atom. The Balaban J connectivity index is 2.03. The molecule has 19 heavy (non-hydrogen) atoms. The lowest BCUT2D eigenvalue weighted by Gasteiger charge is -2.26. The van der Waals surface area contributed by atoms with Gasteiger partial charge in [-0.15, -0.1) is 0 Å². The smallest absolute Gasteiger partial charge is 0.259 e. The molecule has 1 N–H and O–H groups in total. The summed E-state index contributed by atoms with van der Waals surface area (Å²) in [7, 11) is 0. The number of aromatic amines is 1. The van der Waals surface area contributed by atoms with Gasteiger partial charge in [0.05, 0.1) is 13.2 Å². The van der Waals surface area contributed by atoms with Crippen LogP contribution in [0.15, 0.2) is 35.3 Å². The number of carbonyl (C=O) groups excluding carboxylic acids is 1. The molecule has 2 heterocycles. The number of nitrogens with zero attached hydrogens (tertiary/aromatic N) is 1. The first-order valence-electron chi connectivity index (χ1n) is 6.25. The maximum atomic E-state index is 12.3. The maximum Gasteiger partial charge on any atom is 0.259 e. The molecular formula is C14H14N2O3. The molecule has 0 spiro atoms. The van der Waals surface area contributed by atoms with Crippen LogP contribution in [-0.2, 0) is 4.74 Å². The number of rotatable bonds is 1. The average Bonchev–Trinajstić information content (AvgIpc) is 2.48. The molecule has 1 aliphatic rings. The van der Waals surface area contributed by atoms with Crippen molar-refractivity contribution in [2.75, 3.05) is 26.3 Å². The summed E-state index contributed by atoms with van der Waals surface area (Å²) in [5.41, 5.74) is 0.720. The van der Waals surface area contributed by atoms with Crippen molar-refractivity contribution in [3.05, 3.63) is 46.2 Å². The zero-order chi connectivity index (χ0) is 13.2. The highest BCUT2D eigenvalue weighted by Gasteiger charge is 2.21. The van der Waals surface area contributed by atoms with E-state index in [1.54, 1.807) is 17.0 Å². The fraction of sp³-hybridized carbons (Fsp3) is 0.286. The van der Waals surface area contributed by atoms with E-state index in [1.807, 2.05) is 12.1 Å². The van der Waals surface area contributed by atoms with Crippen LogP contribution < -0.4 is 5.43 Å². The van der Waals surface area contributed by atoms with Gasteiger partial charge in [-0.05, 0) is 12.1 Å².